The summed E-state index contributed by atoms with van der Waals surface area (Å²) in [6.07, 6.45) is 1.92. The number of benzene rings is 2. The van der Waals surface area contributed by atoms with Crippen molar-refractivity contribution in [2.24, 2.45) is 0 Å². The summed E-state index contributed by atoms with van der Waals surface area (Å²) in [4.78, 5) is 0. The molecule has 1 unspecified atom stereocenters. The smallest absolute Gasteiger partial charge is 0.134 e. The van der Waals surface area contributed by atoms with Crippen LogP contribution in [0, 0.1) is 0 Å². The first-order chi connectivity index (χ1) is 10.8. The Morgan fingerprint density at radius 1 is 1.09 bits per heavy atom. The SMILES string of the molecule is OCC1(NCc2cc3ccccc3o2)CCc2ccccc21. The topological polar surface area (TPSA) is 45.4 Å². The Labute approximate surface area is 129 Å². The van der Waals surface area contributed by atoms with E-state index in [1.165, 1.54) is 11.1 Å². The third-order valence-electron chi connectivity index (χ3n) is 4.70. The molecule has 0 amide bonds. The Morgan fingerprint density at radius 2 is 1.91 bits per heavy atom. The number of hydrogen-bond donors (Lipinski definition) is 2. The second-order valence-corrected chi connectivity index (χ2v) is 6.00. The maximum Gasteiger partial charge on any atom is 0.134 e. The van der Waals surface area contributed by atoms with Crippen molar-refractivity contribution >= 4 is 11.0 Å². The summed E-state index contributed by atoms with van der Waals surface area (Å²) in [6.45, 7) is 0.716. The molecule has 112 valence electrons. The molecule has 1 aliphatic rings. The summed E-state index contributed by atoms with van der Waals surface area (Å²) in [5, 5.41) is 14.6. The Bertz CT molecular complexity index is 775. The molecule has 2 N–H and O–H groups in total. The number of aliphatic hydroxyl groups excluding tert-OH is 1. The number of furan rings is 1. The van der Waals surface area contributed by atoms with Crippen molar-refractivity contribution < 1.29 is 9.52 Å². The molecule has 1 heterocycles. The van der Waals surface area contributed by atoms with Gasteiger partial charge in [0.25, 0.3) is 0 Å². The summed E-state index contributed by atoms with van der Waals surface area (Å²) in [5.41, 5.74) is 3.10. The number of fused-ring (bicyclic) bond motifs is 2. The van der Waals surface area contributed by atoms with Crippen LogP contribution in [0.2, 0.25) is 0 Å². The van der Waals surface area contributed by atoms with Crippen molar-refractivity contribution in [2.75, 3.05) is 6.61 Å². The predicted molar refractivity (Wildman–Crippen MR) is 86.6 cm³/mol. The summed E-state index contributed by atoms with van der Waals surface area (Å²) >= 11 is 0. The molecule has 0 saturated carbocycles. The fraction of sp³-hybridized carbons (Fsp3) is 0.263. The van der Waals surface area contributed by atoms with Crippen LogP contribution >= 0.6 is 0 Å². The highest BCUT2D eigenvalue weighted by Crippen LogP contribution is 2.36. The van der Waals surface area contributed by atoms with Crippen molar-refractivity contribution in [1.29, 1.82) is 0 Å². The molecule has 3 nitrogen and oxygen atoms in total. The van der Waals surface area contributed by atoms with Crippen molar-refractivity contribution in [3.63, 3.8) is 0 Å². The van der Waals surface area contributed by atoms with Crippen LogP contribution in [0.1, 0.15) is 23.3 Å². The zero-order chi connectivity index (χ0) is 15.0. The average Bonchev–Trinajstić information content (AvgIpc) is 3.15. The normalized spacial score (nSPS) is 20.4. The molecule has 0 aliphatic heterocycles. The van der Waals surface area contributed by atoms with Crippen LogP contribution in [-0.4, -0.2) is 11.7 Å². The van der Waals surface area contributed by atoms with Gasteiger partial charge in [-0.25, -0.2) is 0 Å². The molecule has 1 atom stereocenters. The Morgan fingerprint density at radius 3 is 2.77 bits per heavy atom. The minimum absolute atomic E-state index is 0.101. The maximum atomic E-state index is 9.99. The van der Waals surface area contributed by atoms with E-state index < -0.39 is 0 Å². The Kier molecular flexibility index (Phi) is 3.25. The van der Waals surface area contributed by atoms with E-state index in [9.17, 15) is 5.11 Å². The van der Waals surface area contributed by atoms with E-state index in [2.05, 4.69) is 35.6 Å². The van der Waals surface area contributed by atoms with Crippen molar-refractivity contribution in [3.8, 4) is 0 Å². The largest absolute Gasteiger partial charge is 0.460 e. The van der Waals surface area contributed by atoms with Gasteiger partial charge < -0.3 is 9.52 Å². The predicted octanol–water partition coefficient (Wildman–Crippen LogP) is 3.36. The third kappa shape index (κ3) is 2.14. The highest BCUT2D eigenvalue weighted by atomic mass is 16.3. The lowest BCUT2D eigenvalue weighted by Crippen LogP contribution is -2.43. The van der Waals surface area contributed by atoms with Gasteiger partial charge in [0.15, 0.2) is 0 Å². The second-order valence-electron chi connectivity index (χ2n) is 6.00. The highest BCUT2D eigenvalue weighted by Gasteiger charge is 2.37. The van der Waals surface area contributed by atoms with Crippen LogP contribution in [-0.2, 0) is 18.5 Å². The lowest BCUT2D eigenvalue weighted by Gasteiger charge is -2.29. The van der Waals surface area contributed by atoms with Gasteiger partial charge in [0, 0.05) is 5.39 Å². The number of aryl methyl sites for hydroxylation is 1. The van der Waals surface area contributed by atoms with Gasteiger partial charge in [-0.3, -0.25) is 5.32 Å². The summed E-state index contributed by atoms with van der Waals surface area (Å²) < 4.78 is 5.86. The second kappa shape index (κ2) is 5.27. The van der Waals surface area contributed by atoms with E-state index in [0.29, 0.717) is 6.54 Å². The van der Waals surface area contributed by atoms with E-state index in [4.69, 9.17) is 4.42 Å². The third-order valence-corrected chi connectivity index (χ3v) is 4.70. The first-order valence-electron chi connectivity index (χ1n) is 7.72. The quantitative estimate of drug-likeness (QED) is 0.775. The molecule has 0 fully saturated rings. The average molecular weight is 293 g/mol. The molecule has 3 aromatic rings. The van der Waals surface area contributed by atoms with Crippen LogP contribution in [0.5, 0.6) is 0 Å². The molecule has 2 aromatic carbocycles. The van der Waals surface area contributed by atoms with E-state index in [1.54, 1.807) is 0 Å². The standard InChI is InChI=1S/C19H19NO2/c21-13-19(10-9-14-5-1-3-7-17(14)19)20-12-16-11-15-6-2-4-8-18(15)22-16/h1-8,11,20-21H,9-10,12-13H2. The summed E-state index contributed by atoms with van der Waals surface area (Å²) in [5.74, 6) is 0.901. The van der Waals surface area contributed by atoms with Gasteiger partial charge in [-0.15, -0.1) is 0 Å². The van der Waals surface area contributed by atoms with Crippen LogP contribution < -0.4 is 5.32 Å². The molecule has 0 saturated heterocycles. The molecular weight excluding hydrogens is 274 g/mol. The molecule has 4 rings (SSSR count). The van der Waals surface area contributed by atoms with Crippen molar-refractivity contribution in [1.82, 2.24) is 5.32 Å². The summed E-state index contributed by atoms with van der Waals surface area (Å²) in [6, 6.07) is 18.4. The van der Waals surface area contributed by atoms with E-state index in [0.717, 1.165) is 29.6 Å². The minimum Gasteiger partial charge on any atom is -0.460 e. The van der Waals surface area contributed by atoms with Crippen LogP contribution in [0.15, 0.2) is 59.0 Å². The van der Waals surface area contributed by atoms with Crippen LogP contribution in [0.3, 0.4) is 0 Å². The maximum absolute atomic E-state index is 9.99. The van der Waals surface area contributed by atoms with Gasteiger partial charge in [-0.05, 0) is 36.1 Å². The van der Waals surface area contributed by atoms with Gasteiger partial charge in [0.1, 0.15) is 11.3 Å². The van der Waals surface area contributed by atoms with Gasteiger partial charge in [-0.1, -0.05) is 42.5 Å². The Balaban J connectivity index is 1.59. The summed E-state index contributed by atoms with van der Waals surface area (Å²) in [7, 11) is 0. The molecule has 3 heteroatoms. The first kappa shape index (κ1) is 13.6. The molecule has 22 heavy (non-hydrogen) atoms. The molecule has 0 spiro atoms. The van der Waals surface area contributed by atoms with E-state index in [-0.39, 0.29) is 12.1 Å². The van der Waals surface area contributed by atoms with E-state index >= 15 is 0 Å². The highest BCUT2D eigenvalue weighted by molar-refractivity contribution is 5.77. The zero-order valence-electron chi connectivity index (χ0n) is 12.4. The molecule has 1 aromatic heterocycles. The number of para-hydroxylation sites is 1. The van der Waals surface area contributed by atoms with Crippen LogP contribution in [0.25, 0.3) is 11.0 Å². The lowest BCUT2D eigenvalue weighted by atomic mass is 9.92. The molecule has 1 aliphatic carbocycles. The van der Waals surface area contributed by atoms with Gasteiger partial charge in [0.2, 0.25) is 0 Å². The number of hydrogen-bond acceptors (Lipinski definition) is 3. The number of nitrogens with one attached hydrogen (secondary N) is 1. The Hall–Kier alpha value is -2.10. The minimum atomic E-state index is -0.352. The zero-order valence-corrected chi connectivity index (χ0v) is 12.4. The van der Waals surface area contributed by atoms with Crippen molar-refractivity contribution in [2.45, 2.75) is 24.9 Å². The molecule has 0 bridgehead atoms. The van der Waals surface area contributed by atoms with Crippen molar-refractivity contribution in [3.05, 3.63) is 71.5 Å². The monoisotopic (exact) mass is 293 g/mol. The molecular formula is C19H19NO2. The fourth-order valence-corrected chi connectivity index (χ4v) is 3.47. The van der Waals surface area contributed by atoms with E-state index in [1.807, 2.05) is 24.3 Å². The number of rotatable bonds is 4. The van der Waals surface area contributed by atoms with Gasteiger partial charge >= 0.3 is 0 Å². The first-order valence-corrected chi connectivity index (χ1v) is 7.72. The fourth-order valence-electron chi connectivity index (χ4n) is 3.47. The van der Waals surface area contributed by atoms with Gasteiger partial charge in [-0.2, -0.15) is 0 Å². The number of aliphatic hydroxyl groups is 1. The van der Waals surface area contributed by atoms with Gasteiger partial charge in [0.05, 0.1) is 18.7 Å². The lowest BCUT2D eigenvalue weighted by molar-refractivity contribution is 0.156. The molecule has 0 radical (unpaired) electrons. The van der Waals surface area contributed by atoms with Crippen LogP contribution in [0.4, 0.5) is 0 Å².